The number of hydrogen-bond acceptors (Lipinski definition) is 7. The van der Waals surface area contributed by atoms with E-state index in [0.717, 1.165) is 0 Å². The zero-order valence-corrected chi connectivity index (χ0v) is 21.2. The predicted molar refractivity (Wildman–Crippen MR) is 129 cm³/mol. The van der Waals surface area contributed by atoms with Crippen LogP contribution in [0.1, 0.15) is 32.3 Å². The molecule has 35 heavy (non-hydrogen) atoms. The number of halogens is 2. The number of aromatic nitrogens is 2. The first-order valence-corrected chi connectivity index (χ1v) is 13.9. The molecule has 190 valence electrons. The summed E-state index contributed by atoms with van der Waals surface area (Å²) in [5.74, 6) is -4.45. The van der Waals surface area contributed by atoms with Crippen molar-refractivity contribution in [2.45, 2.75) is 33.6 Å². The molecule has 3 aromatic rings. The van der Waals surface area contributed by atoms with Gasteiger partial charge in [0.15, 0.2) is 11.6 Å². The highest BCUT2D eigenvalue weighted by atomic mass is 32.3. The van der Waals surface area contributed by atoms with Gasteiger partial charge in [-0.05, 0) is 31.9 Å². The summed E-state index contributed by atoms with van der Waals surface area (Å²) >= 11 is 0. The number of benzene rings is 2. The van der Waals surface area contributed by atoms with Crippen LogP contribution in [0.15, 0.2) is 35.4 Å². The molecule has 9 nitrogen and oxygen atoms in total. The number of anilines is 1. The summed E-state index contributed by atoms with van der Waals surface area (Å²) in [5, 5.41) is 0.196. The van der Waals surface area contributed by atoms with Gasteiger partial charge >= 0.3 is 0 Å². The van der Waals surface area contributed by atoms with Crippen molar-refractivity contribution in [2.24, 2.45) is 7.05 Å². The molecule has 1 heterocycles. The van der Waals surface area contributed by atoms with Gasteiger partial charge in [0.25, 0.3) is 5.56 Å². The van der Waals surface area contributed by atoms with Crippen LogP contribution < -0.4 is 14.0 Å². The molecule has 3 rings (SSSR count). The van der Waals surface area contributed by atoms with E-state index in [9.17, 15) is 26.0 Å². The molecule has 13 heteroatoms. The van der Waals surface area contributed by atoms with E-state index in [-0.39, 0.29) is 38.8 Å². The zero-order valence-electron chi connectivity index (χ0n) is 19.6. The summed E-state index contributed by atoms with van der Waals surface area (Å²) in [6, 6.07) is 4.02. The second-order valence-electron chi connectivity index (χ2n) is 7.91. The average molecular weight is 530 g/mol. The molecule has 0 atom stereocenters. The smallest absolute Gasteiger partial charge is 0.261 e. The number of ether oxygens (including phenoxy) is 1. The van der Waals surface area contributed by atoms with Gasteiger partial charge in [0.05, 0.1) is 28.7 Å². The van der Waals surface area contributed by atoms with Gasteiger partial charge in [-0.1, -0.05) is 13.8 Å². The Labute approximate surface area is 202 Å². The first-order valence-electron chi connectivity index (χ1n) is 10.7. The van der Waals surface area contributed by atoms with Crippen LogP contribution >= 0.6 is 0 Å². The molecule has 0 fully saturated rings. The van der Waals surface area contributed by atoms with Crippen LogP contribution in [-0.4, -0.2) is 37.9 Å². The molecule has 0 spiro atoms. The minimum Gasteiger partial charge on any atom is -0.454 e. The van der Waals surface area contributed by atoms with Gasteiger partial charge < -0.3 is 9.30 Å². The quantitative estimate of drug-likeness (QED) is 0.416. The van der Waals surface area contributed by atoms with Crippen molar-refractivity contribution in [1.82, 2.24) is 9.55 Å². The number of nitrogens with zero attached hydrogens (tertiary/aromatic N) is 3. The van der Waals surface area contributed by atoms with E-state index in [1.807, 2.05) is 0 Å². The Hall–Kier alpha value is -3.06. The Morgan fingerprint density at radius 3 is 2.17 bits per heavy atom. The Morgan fingerprint density at radius 2 is 1.60 bits per heavy atom. The molecular weight excluding hydrogens is 504 g/mol. The van der Waals surface area contributed by atoms with Gasteiger partial charge in [-0.3, -0.25) is 4.79 Å². The summed E-state index contributed by atoms with van der Waals surface area (Å²) in [5.41, 5.74) is -0.741. The van der Waals surface area contributed by atoms with E-state index in [2.05, 4.69) is 4.98 Å². The lowest BCUT2D eigenvalue weighted by atomic mass is 10.1. The molecule has 2 aromatic carbocycles. The monoisotopic (exact) mass is 529 g/mol. The van der Waals surface area contributed by atoms with E-state index < -0.39 is 54.6 Å². The van der Waals surface area contributed by atoms with Crippen LogP contribution in [0.5, 0.6) is 11.5 Å². The SMILES string of the molecule is CCCS(=O)(=O)N(c1cc(F)cc(Oc2ccc3ncn(C)c(=O)c3c2C)c1F)S(=O)(=O)CCC. The zero-order chi connectivity index (χ0) is 26.1. The summed E-state index contributed by atoms with van der Waals surface area (Å²) < 4.78 is 88.2. The van der Waals surface area contributed by atoms with Crippen molar-refractivity contribution >= 4 is 36.6 Å². The standard InChI is InChI=1S/C22H25F2N3O6S2/c1-5-9-34(29,30)27(35(31,32)10-6-2)17-11-15(23)12-19(21(17)24)33-18-8-7-16-20(14(18)3)22(28)26(4)13-25-16/h7-8,11-13H,5-6,9-10H2,1-4H3. The lowest BCUT2D eigenvalue weighted by molar-refractivity contribution is 0.435. The third kappa shape index (κ3) is 5.15. The third-order valence-electron chi connectivity index (χ3n) is 5.13. The lowest BCUT2D eigenvalue weighted by Crippen LogP contribution is -2.40. The highest BCUT2D eigenvalue weighted by Gasteiger charge is 2.36. The van der Waals surface area contributed by atoms with E-state index in [0.29, 0.717) is 17.6 Å². The fourth-order valence-electron chi connectivity index (χ4n) is 3.57. The second kappa shape index (κ2) is 9.90. The number of sulfonamides is 2. The number of rotatable bonds is 9. The van der Waals surface area contributed by atoms with E-state index in [1.165, 1.54) is 50.8 Å². The normalized spacial score (nSPS) is 12.2. The lowest BCUT2D eigenvalue weighted by Gasteiger charge is -2.25. The van der Waals surface area contributed by atoms with Crippen LogP contribution in [0.25, 0.3) is 10.9 Å². The van der Waals surface area contributed by atoms with Crippen molar-refractivity contribution in [2.75, 3.05) is 15.2 Å². The van der Waals surface area contributed by atoms with Crippen molar-refractivity contribution in [3.8, 4) is 11.5 Å². The van der Waals surface area contributed by atoms with Crippen LogP contribution in [-0.2, 0) is 27.1 Å². The molecule has 0 saturated heterocycles. The van der Waals surface area contributed by atoms with Crippen molar-refractivity contribution in [1.29, 1.82) is 0 Å². The second-order valence-corrected chi connectivity index (χ2v) is 12.0. The largest absolute Gasteiger partial charge is 0.454 e. The summed E-state index contributed by atoms with van der Waals surface area (Å²) in [7, 11) is -7.60. The molecule has 0 radical (unpaired) electrons. The van der Waals surface area contributed by atoms with Crippen molar-refractivity contribution < 1.29 is 30.4 Å². The molecular formula is C22H25F2N3O6S2. The van der Waals surface area contributed by atoms with Crippen LogP contribution in [0, 0.1) is 18.6 Å². The maximum atomic E-state index is 15.6. The summed E-state index contributed by atoms with van der Waals surface area (Å²) in [6.07, 6.45) is 1.45. The van der Waals surface area contributed by atoms with Crippen LogP contribution in [0.4, 0.5) is 14.5 Å². The van der Waals surface area contributed by atoms with Crippen LogP contribution in [0.2, 0.25) is 0 Å². The molecule has 0 bridgehead atoms. The molecule has 0 aliphatic heterocycles. The van der Waals surface area contributed by atoms with Gasteiger partial charge in [0.1, 0.15) is 17.3 Å². The van der Waals surface area contributed by atoms with Gasteiger partial charge in [-0.25, -0.2) is 30.6 Å². The maximum Gasteiger partial charge on any atom is 0.261 e. The Balaban J connectivity index is 2.22. The van der Waals surface area contributed by atoms with Gasteiger partial charge in [0.2, 0.25) is 20.0 Å². The van der Waals surface area contributed by atoms with Crippen molar-refractivity contribution in [3.63, 3.8) is 0 Å². The molecule has 0 aliphatic carbocycles. The Kier molecular flexibility index (Phi) is 7.50. The minimum absolute atomic E-state index is 0.0163. The minimum atomic E-state index is -4.55. The maximum absolute atomic E-state index is 15.6. The van der Waals surface area contributed by atoms with Crippen molar-refractivity contribution in [3.05, 3.63) is 58.1 Å². The molecule has 1 aromatic heterocycles. The fraction of sp³-hybridized carbons (Fsp3) is 0.364. The van der Waals surface area contributed by atoms with Crippen LogP contribution in [0.3, 0.4) is 0 Å². The first-order chi connectivity index (χ1) is 16.3. The Bertz CT molecular complexity index is 1520. The highest BCUT2D eigenvalue weighted by Crippen LogP contribution is 2.37. The molecule has 0 saturated carbocycles. The summed E-state index contributed by atoms with van der Waals surface area (Å²) in [6.45, 7) is 4.56. The molecule has 0 amide bonds. The fourth-order valence-corrected chi connectivity index (χ4v) is 7.63. The van der Waals surface area contributed by atoms with Gasteiger partial charge in [-0.2, -0.15) is 3.71 Å². The summed E-state index contributed by atoms with van der Waals surface area (Å²) in [4.78, 5) is 16.7. The first kappa shape index (κ1) is 26.5. The van der Waals surface area contributed by atoms with E-state index in [4.69, 9.17) is 4.74 Å². The number of hydrogen-bond donors (Lipinski definition) is 0. The molecule has 0 aliphatic rings. The van der Waals surface area contributed by atoms with E-state index in [1.54, 1.807) is 0 Å². The average Bonchev–Trinajstić information content (AvgIpc) is 2.75. The topological polar surface area (TPSA) is 116 Å². The van der Waals surface area contributed by atoms with Gasteiger partial charge in [0, 0.05) is 24.7 Å². The molecule has 0 unspecified atom stereocenters. The molecule has 0 N–H and O–H groups in total. The predicted octanol–water partition coefficient (Wildman–Crippen LogP) is 3.60. The van der Waals surface area contributed by atoms with E-state index >= 15 is 4.39 Å². The number of fused-ring (bicyclic) bond motifs is 1. The highest BCUT2D eigenvalue weighted by molar-refractivity contribution is 8.10. The number of aryl methyl sites for hydroxylation is 2. The Morgan fingerprint density at radius 1 is 1.00 bits per heavy atom. The van der Waals surface area contributed by atoms with Gasteiger partial charge in [-0.15, -0.1) is 0 Å². The third-order valence-corrected chi connectivity index (χ3v) is 9.74.